The van der Waals surface area contributed by atoms with Crippen LogP contribution in [0.3, 0.4) is 0 Å². The molecule has 2 aromatic heterocycles. The fourth-order valence-corrected chi connectivity index (χ4v) is 5.12. The SMILES string of the molecule is Cc1c2c(cc3ccccc13)Oc1c(C(C)C)sc3cc[n+](C)c-2c13. The molecule has 0 atom stereocenters. The van der Waals surface area contributed by atoms with E-state index in [2.05, 4.69) is 75.0 Å². The van der Waals surface area contributed by atoms with Crippen LogP contribution in [0.1, 0.15) is 30.2 Å². The van der Waals surface area contributed by atoms with Gasteiger partial charge in [0.05, 0.1) is 15.1 Å². The van der Waals surface area contributed by atoms with E-state index in [1.54, 1.807) is 0 Å². The van der Waals surface area contributed by atoms with Gasteiger partial charge in [-0.2, -0.15) is 0 Å². The van der Waals surface area contributed by atoms with Crippen molar-refractivity contribution < 1.29 is 9.30 Å². The van der Waals surface area contributed by atoms with Crippen LogP contribution in [0, 0.1) is 6.92 Å². The number of pyridine rings is 1. The number of rotatable bonds is 1. The van der Waals surface area contributed by atoms with E-state index in [0.717, 1.165) is 11.5 Å². The zero-order valence-corrected chi connectivity index (χ0v) is 15.7. The van der Waals surface area contributed by atoms with Crippen molar-refractivity contribution in [1.29, 1.82) is 0 Å². The summed E-state index contributed by atoms with van der Waals surface area (Å²) < 4.78 is 10.1. The lowest BCUT2D eigenvalue weighted by atomic mass is 9.93. The van der Waals surface area contributed by atoms with E-state index in [9.17, 15) is 0 Å². The van der Waals surface area contributed by atoms with E-state index in [4.69, 9.17) is 4.74 Å². The number of aromatic nitrogens is 1. The van der Waals surface area contributed by atoms with E-state index in [1.165, 1.54) is 42.6 Å². The summed E-state index contributed by atoms with van der Waals surface area (Å²) in [6.07, 6.45) is 2.17. The van der Waals surface area contributed by atoms with Crippen molar-refractivity contribution in [3.63, 3.8) is 0 Å². The first kappa shape index (κ1) is 14.9. The zero-order valence-electron chi connectivity index (χ0n) is 14.9. The number of aryl methyl sites for hydroxylation is 2. The second kappa shape index (κ2) is 5.06. The highest BCUT2D eigenvalue weighted by molar-refractivity contribution is 7.19. The molecule has 0 bridgehead atoms. The molecule has 0 radical (unpaired) electrons. The Balaban J connectivity index is 1.98. The molecule has 0 amide bonds. The molecular formula is C22H20NOS+. The van der Waals surface area contributed by atoms with Crippen molar-refractivity contribution in [2.45, 2.75) is 26.7 Å². The van der Waals surface area contributed by atoms with Crippen LogP contribution in [0.2, 0.25) is 0 Å². The molecule has 25 heavy (non-hydrogen) atoms. The summed E-state index contributed by atoms with van der Waals surface area (Å²) in [6.45, 7) is 6.70. The first-order chi connectivity index (χ1) is 12.1. The molecule has 0 saturated heterocycles. The van der Waals surface area contributed by atoms with Gasteiger partial charge in [0.15, 0.2) is 11.9 Å². The van der Waals surface area contributed by atoms with Crippen LogP contribution in [0.5, 0.6) is 11.5 Å². The summed E-state index contributed by atoms with van der Waals surface area (Å²) in [5.74, 6) is 2.49. The number of nitrogens with zero attached hydrogens (tertiary/aromatic N) is 1. The molecule has 0 fully saturated rings. The molecule has 0 unspecified atom stereocenters. The molecule has 1 aliphatic heterocycles. The summed E-state index contributed by atoms with van der Waals surface area (Å²) in [5.41, 5.74) is 3.80. The lowest BCUT2D eigenvalue weighted by Gasteiger charge is -2.20. The first-order valence-electron chi connectivity index (χ1n) is 8.72. The maximum atomic E-state index is 6.52. The molecule has 124 valence electrons. The molecule has 4 aromatic rings. The Labute approximate surface area is 151 Å². The van der Waals surface area contributed by atoms with Crippen molar-refractivity contribution >= 4 is 32.2 Å². The molecule has 0 saturated carbocycles. The van der Waals surface area contributed by atoms with Crippen LogP contribution in [0.15, 0.2) is 42.6 Å². The van der Waals surface area contributed by atoms with Crippen LogP contribution in [-0.2, 0) is 7.05 Å². The number of thiophene rings is 1. The Morgan fingerprint density at radius 1 is 1.12 bits per heavy atom. The Hall–Kier alpha value is -2.39. The van der Waals surface area contributed by atoms with Crippen molar-refractivity contribution in [1.82, 2.24) is 0 Å². The van der Waals surface area contributed by atoms with E-state index >= 15 is 0 Å². The summed E-state index contributed by atoms with van der Waals surface area (Å²) in [6, 6.07) is 13.0. The Kier molecular flexibility index (Phi) is 3.02. The Morgan fingerprint density at radius 2 is 1.92 bits per heavy atom. The van der Waals surface area contributed by atoms with Crippen molar-refractivity contribution in [3.8, 4) is 22.8 Å². The maximum Gasteiger partial charge on any atom is 0.228 e. The topological polar surface area (TPSA) is 13.1 Å². The fraction of sp³-hybridized carbons (Fsp3) is 0.227. The van der Waals surface area contributed by atoms with Gasteiger partial charge in [0.1, 0.15) is 18.2 Å². The van der Waals surface area contributed by atoms with Crippen LogP contribution in [0.25, 0.3) is 32.1 Å². The lowest BCUT2D eigenvalue weighted by Crippen LogP contribution is -2.31. The molecule has 3 heteroatoms. The van der Waals surface area contributed by atoms with E-state index in [-0.39, 0.29) is 0 Å². The first-order valence-corrected chi connectivity index (χ1v) is 9.53. The maximum absolute atomic E-state index is 6.52. The second-order valence-corrected chi connectivity index (χ2v) is 8.25. The predicted octanol–water partition coefficient (Wildman–Crippen LogP) is 6.08. The van der Waals surface area contributed by atoms with E-state index in [1.807, 2.05) is 11.3 Å². The average Bonchev–Trinajstić information content (AvgIpc) is 2.97. The summed E-state index contributed by atoms with van der Waals surface area (Å²) in [5, 5.41) is 3.80. The van der Waals surface area contributed by atoms with Crippen molar-refractivity contribution in [3.05, 3.63) is 53.0 Å². The third kappa shape index (κ3) is 1.93. The van der Waals surface area contributed by atoms with Gasteiger partial charge in [-0.3, -0.25) is 0 Å². The quantitative estimate of drug-likeness (QED) is 0.335. The van der Waals surface area contributed by atoms with Crippen LogP contribution < -0.4 is 9.30 Å². The zero-order chi connectivity index (χ0) is 17.3. The second-order valence-electron chi connectivity index (χ2n) is 7.16. The molecule has 5 rings (SSSR count). The lowest BCUT2D eigenvalue weighted by molar-refractivity contribution is -0.659. The van der Waals surface area contributed by atoms with Gasteiger partial charge >= 0.3 is 0 Å². The summed E-state index contributed by atoms with van der Waals surface area (Å²) in [7, 11) is 2.13. The number of fused-ring (bicyclic) bond motifs is 3. The smallest absolute Gasteiger partial charge is 0.228 e. The molecule has 0 aliphatic carbocycles. The molecule has 0 N–H and O–H groups in total. The van der Waals surface area contributed by atoms with Gasteiger partial charge in [-0.1, -0.05) is 38.1 Å². The van der Waals surface area contributed by atoms with E-state index in [0.29, 0.717) is 5.92 Å². The monoisotopic (exact) mass is 346 g/mol. The van der Waals surface area contributed by atoms with Gasteiger partial charge in [-0.25, -0.2) is 4.57 Å². The van der Waals surface area contributed by atoms with Gasteiger partial charge < -0.3 is 4.74 Å². The third-order valence-corrected chi connectivity index (χ3v) is 6.64. The molecule has 1 aliphatic rings. The van der Waals surface area contributed by atoms with Gasteiger partial charge in [0.25, 0.3) is 0 Å². The summed E-state index contributed by atoms with van der Waals surface area (Å²) in [4.78, 5) is 1.33. The van der Waals surface area contributed by atoms with Crippen LogP contribution in [-0.4, -0.2) is 0 Å². The molecule has 0 spiro atoms. The van der Waals surface area contributed by atoms with Crippen molar-refractivity contribution in [2.24, 2.45) is 7.05 Å². The van der Waals surface area contributed by atoms with E-state index < -0.39 is 0 Å². The van der Waals surface area contributed by atoms with Gasteiger partial charge in [-0.05, 0) is 35.2 Å². The van der Waals surface area contributed by atoms with Crippen LogP contribution >= 0.6 is 11.3 Å². The molecule has 2 aromatic carbocycles. The average molecular weight is 346 g/mol. The third-order valence-electron chi connectivity index (χ3n) is 5.20. The highest BCUT2D eigenvalue weighted by Gasteiger charge is 2.33. The van der Waals surface area contributed by atoms with Crippen LogP contribution in [0.4, 0.5) is 0 Å². The van der Waals surface area contributed by atoms with Crippen molar-refractivity contribution in [2.75, 3.05) is 0 Å². The number of hydrogen-bond acceptors (Lipinski definition) is 2. The number of ether oxygens (including phenoxy) is 1. The highest BCUT2D eigenvalue weighted by atomic mass is 32.1. The largest absolute Gasteiger partial charge is 0.454 e. The minimum absolute atomic E-state index is 0.452. The molecular weight excluding hydrogens is 326 g/mol. The van der Waals surface area contributed by atoms with Gasteiger partial charge in [0, 0.05) is 6.07 Å². The Morgan fingerprint density at radius 3 is 2.72 bits per heavy atom. The summed E-state index contributed by atoms with van der Waals surface area (Å²) >= 11 is 1.86. The fourth-order valence-electron chi connectivity index (χ4n) is 3.99. The minimum Gasteiger partial charge on any atom is -0.454 e. The Bertz CT molecular complexity index is 1170. The number of hydrogen-bond donors (Lipinski definition) is 0. The molecule has 3 heterocycles. The minimum atomic E-state index is 0.452. The van der Waals surface area contributed by atoms with Gasteiger partial charge in [-0.15, -0.1) is 11.3 Å². The molecule has 2 nitrogen and oxygen atoms in total. The predicted molar refractivity (Wildman–Crippen MR) is 105 cm³/mol. The number of benzene rings is 2. The van der Waals surface area contributed by atoms with Gasteiger partial charge in [0.2, 0.25) is 5.69 Å². The normalized spacial score (nSPS) is 12.7. The standard InChI is InChI=1S/C22H20NOS/c1-12(2)22-21-19-17(25-22)9-10-23(4)20(19)18-13(3)15-8-6-5-7-14(15)11-16(18)24-21/h5-12H,1-4H3/q+1. The highest BCUT2D eigenvalue weighted by Crippen LogP contribution is 2.53.